The van der Waals surface area contributed by atoms with Gasteiger partial charge in [-0.3, -0.25) is 0 Å². The van der Waals surface area contributed by atoms with E-state index in [0.717, 1.165) is 37.4 Å². The van der Waals surface area contributed by atoms with Crippen molar-refractivity contribution >= 4 is 5.82 Å². The van der Waals surface area contributed by atoms with Crippen LogP contribution < -0.4 is 5.73 Å². The lowest BCUT2D eigenvalue weighted by Gasteiger charge is -2.10. The highest BCUT2D eigenvalue weighted by Gasteiger charge is 2.05. The molecule has 5 heteroatoms. The average molecular weight is 274 g/mol. The van der Waals surface area contributed by atoms with Crippen LogP contribution in [0.5, 0.6) is 0 Å². The first-order valence-corrected chi connectivity index (χ1v) is 6.96. The van der Waals surface area contributed by atoms with Crippen LogP contribution in [-0.2, 0) is 11.3 Å². The number of imidazole rings is 1. The zero-order valence-electron chi connectivity index (χ0n) is 12.1. The molecule has 108 valence electrons. The molecule has 0 aliphatic rings. The third-order valence-electron chi connectivity index (χ3n) is 2.93. The number of nitrogens with zero attached hydrogens (tertiary/aromatic N) is 3. The number of aromatic nitrogens is 3. The molecule has 0 bridgehead atoms. The van der Waals surface area contributed by atoms with E-state index < -0.39 is 0 Å². The summed E-state index contributed by atoms with van der Waals surface area (Å²) in [5.41, 5.74) is 7.82. The Balaban J connectivity index is 1.92. The summed E-state index contributed by atoms with van der Waals surface area (Å²) in [5.74, 6) is 1.11. The molecule has 0 spiro atoms. The van der Waals surface area contributed by atoms with Gasteiger partial charge in [-0.25, -0.2) is 9.97 Å². The quantitative estimate of drug-likeness (QED) is 0.788. The molecule has 0 aromatic carbocycles. The van der Waals surface area contributed by atoms with Crippen molar-refractivity contribution in [2.75, 3.05) is 18.9 Å². The summed E-state index contributed by atoms with van der Waals surface area (Å²) in [7, 11) is 0. The third-order valence-corrected chi connectivity index (χ3v) is 2.93. The van der Waals surface area contributed by atoms with Crippen LogP contribution in [0.1, 0.15) is 20.3 Å². The molecule has 0 unspecified atom stereocenters. The van der Waals surface area contributed by atoms with Gasteiger partial charge in [0.05, 0.1) is 18.2 Å². The van der Waals surface area contributed by atoms with Crippen LogP contribution in [0.3, 0.4) is 0 Å². The first-order chi connectivity index (χ1) is 9.66. The fourth-order valence-electron chi connectivity index (χ4n) is 2.00. The zero-order valence-corrected chi connectivity index (χ0v) is 12.1. The summed E-state index contributed by atoms with van der Waals surface area (Å²) in [4.78, 5) is 8.23. The number of nitrogen functional groups attached to an aromatic ring is 1. The summed E-state index contributed by atoms with van der Waals surface area (Å²) in [6, 6.07) is 3.81. The molecule has 0 saturated carbocycles. The summed E-state index contributed by atoms with van der Waals surface area (Å²) >= 11 is 0. The Morgan fingerprint density at radius 2 is 2.25 bits per heavy atom. The van der Waals surface area contributed by atoms with Crippen LogP contribution >= 0.6 is 0 Å². The third kappa shape index (κ3) is 4.06. The monoisotopic (exact) mass is 274 g/mol. The minimum atomic E-state index is 0.524. The van der Waals surface area contributed by atoms with Gasteiger partial charge in [0.15, 0.2) is 0 Å². The molecule has 0 aliphatic carbocycles. The Morgan fingerprint density at radius 1 is 1.40 bits per heavy atom. The van der Waals surface area contributed by atoms with E-state index in [2.05, 4.69) is 28.4 Å². The molecule has 2 rings (SSSR count). The van der Waals surface area contributed by atoms with E-state index in [9.17, 15) is 0 Å². The zero-order chi connectivity index (χ0) is 14.4. The van der Waals surface area contributed by atoms with Crippen molar-refractivity contribution in [3.8, 4) is 11.3 Å². The van der Waals surface area contributed by atoms with E-state index in [-0.39, 0.29) is 0 Å². The Bertz CT molecular complexity index is 536. The van der Waals surface area contributed by atoms with Crippen LogP contribution in [0.4, 0.5) is 5.82 Å². The SMILES string of the molecule is CC(C)COCCCn1cncc1-c1ccnc(N)c1. The molecule has 0 saturated heterocycles. The number of rotatable bonds is 7. The maximum atomic E-state index is 5.72. The van der Waals surface area contributed by atoms with Gasteiger partial charge < -0.3 is 15.0 Å². The van der Waals surface area contributed by atoms with Crippen LogP contribution in [0.25, 0.3) is 11.3 Å². The first kappa shape index (κ1) is 14.5. The molecule has 0 aliphatic heterocycles. The van der Waals surface area contributed by atoms with Crippen molar-refractivity contribution in [1.82, 2.24) is 14.5 Å². The smallest absolute Gasteiger partial charge is 0.123 e. The molecule has 5 nitrogen and oxygen atoms in total. The summed E-state index contributed by atoms with van der Waals surface area (Å²) in [6.07, 6.45) is 6.38. The molecular weight excluding hydrogens is 252 g/mol. The topological polar surface area (TPSA) is 66.0 Å². The molecule has 2 heterocycles. The van der Waals surface area contributed by atoms with Gasteiger partial charge in [-0.05, 0) is 24.5 Å². The fourth-order valence-corrected chi connectivity index (χ4v) is 2.00. The van der Waals surface area contributed by atoms with Gasteiger partial charge in [-0.2, -0.15) is 0 Å². The molecule has 20 heavy (non-hydrogen) atoms. The summed E-state index contributed by atoms with van der Waals surface area (Å²) in [6.45, 7) is 6.78. The van der Waals surface area contributed by atoms with Crippen LogP contribution in [0, 0.1) is 5.92 Å². The van der Waals surface area contributed by atoms with Gasteiger partial charge >= 0.3 is 0 Å². The minimum Gasteiger partial charge on any atom is -0.384 e. The van der Waals surface area contributed by atoms with Crippen molar-refractivity contribution in [3.05, 3.63) is 30.9 Å². The standard InChI is InChI=1S/C15H22N4O/c1-12(2)10-20-7-3-6-19-11-17-9-14(19)13-4-5-18-15(16)8-13/h4-5,8-9,11-12H,3,6-7,10H2,1-2H3,(H2,16,18). The highest BCUT2D eigenvalue weighted by atomic mass is 16.5. The van der Waals surface area contributed by atoms with Crippen LogP contribution in [0.15, 0.2) is 30.9 Å². The Hall–Kier alpha value is -1.88. The second-order valence-corrected chi connectivity index (χ2v) is 5.26. The van der Waals surface area contributed by atoms with Crippen LogP contribution in [-0.4, -0.2) is 27.7 Å². The van der Waals surface area contributed by atoms with E-state index in [1.54, 1.807) is 6.20 Å². The molecule has 0 fully saturated rings. The van der Waals surface area contributed by atoms with E-state index >= 15 is 0 Å². The molecular formula is C15H22N4O. The number of aryl methyl sites for hydroxylation is 1. The number of hydrogen-bond donors (Lipinski definition) is 1. The van der Waals surface area contributed by atoms with E-state index in [0.29, 0.717) is 11.7 Å². The lowest BCUT2D eigenvalue weighted by atomic mass is 10.2. The minimum absolute atomic E-state index is 0.524. The number of nitrogens with two attached hydrogens (primary N) is 1. The second kappa shape index (κ2) is 7.05. The molecule has 0 amide bonds. The number of pyridine rings is 1. The molecule has 0 atom stereocenters. The Kier molecular flexibility index (Phi) is 5.12. The highest BCUT2D eigenvalue weighted by molar-refractivity contribution is 5.61. The molecule has 0 radical (unpaired) electrons. The predicted octanol–water partition coefficient (Wildman–Crippen LogP) is 2.59. The molecule has 2 aromatic rings. The van der Waals surface area contributed by atoms with E-state index in [4.69, 9.17) is 10.5 Å². The summed E-state index contributed by atoms with van der Waals surface area (Å²) in [5, 5.41) is 0. The maximum absolute atomic E-state index is 5.72. The van der Waals surface area contributed by atoms with Gasteiger partial charge in [0, 0.05) is 31.5 Å². The van der Waals surface area contributed by atoms with Crippen molar-refractivity contribution in [2.24, 2.45) is 5.92 Å². The molecule has 2 aromatic heterocycles. The van der Waals surface area contributed by atoms with Crippen LogP contribution in [0.2, 0.25) is 0 Å². The fraction of sp³-hybridized carbons (Fsp3) is 0.467. The molecule has 2 N–H and O–H groups in total. The van der Waals surface area contributed by atoms with Gasteiger partial charge in [0.25, 0.3) is 0 Å². The summed E-state index contributed by atoms with van der Waals surface area (Å²) < 4.78 is 7.71. The largest absolute Gasteiger partial charge is 0.384 e. The predicted molar refractivity (Wildman–Crippen MR) is 80.1 cm³/mol. The number of hydrogen-bond acceptors (Lipinski definition) is 4. The number of ether oxygens (including phenoxy) is 1. The first-order valence-electron chi connectivity index (χ1n) is 6.96. The van der Waals surface area contributed by atoms with E-state index in [1.807, 2.05) is 24.7 Å². The van der Waals surface area contributed by atoms with Crippen molar-refractivity contribution in [3.63, 3.8) is 0 Å². The Labute approximate surface area is 119 Å². The highest BCUT2D eigenvalue weighted by Crippen LogP contribution is 2.20. The Morgan fingerprint density at radius 3 is 3.00 bits per heavy atom. The van der Waals surface area contributed by atoms with Crippen molar-refractivity contribution in [1.29, 1.82) is 0 Å². The number of anilines is 1. The van der Waals surface area contributed by atoms with E-state index in [1.165, 1.54) is 0 Å². The average Bonchev–Trinajstić information content (AvgIpc) is 2.86. The van der Waals surface area contributed by atoms with Gasteiger partial charge in [0.1, 0.15) is 5.82 Å². The van der Waals surface area contributed by atoms with Gasteiger partial charge in [-0.15, -0.1) is 0 Å². The van der Waals surface area contributed by atoms with Gasteiger partial charge in [-0.1, -0.05) is 13.8 Å². The van der Waals surface area contributed by atoms with Crippen molar-refractivity contribution < 1.29 is 4.74 Å². The normalized spacial score (nSPS) is 11.2. The van der Waals surface area contributed by atoms with Crippen molar-refractivity contribution in [2.45, 2.75) is 26.8 Å². The lowest BCUT2D eigenvalue weighted by molar-refractivity contribution is 0.105. The van der Waals surface area contributed by atoms with Gasteiger partial charge in [0.2, 0.25) is 0 Å². The maximum Gasteiger partial charge on any atom is 0.123 e. The lowest BCUT2D eigenvalue weighted by Crippen LogP contribution is -2.06. The second-order valence-electron chi connectivity index (χ2n) is 5.26.